The lowest BCUT2D eigenvalue weighted by atomic mass is 10.1. The Labute approximate surface area is 265 Å². The molecule has 0 bridgehead atoms. The number of benzene rings is 3. The minimum Gasteiger partial charge on any atom is -0.356 e. The summed E-state index contributed by atoms with van der Waals surface area (Å²) in [6, 6.07) is 27.1. The Morgan fingerprint density at radius 2 is 1.49 bits per heavy atom. The lowest BCUT2D eigenvalue weighted by molar-refractivity contribution is 0.104. The van der Waals surface area contributed by atoms with Crippen molar-refractivity contribution in [2.75, 3.05) is 20.7 Å². The summed E-state index contributed by atoms with van der Waals surface area (Å²) in [6.07, 6.45) is 4.32. The van der Waals surface area contributed by atoms with Crippen molar-refractivity contribution in [1.29, 1.82) is 0 Å². The van der Waals surface area contributed by atoms with Gasteiger partial charge in [0.2, 0.25) is 0 Å². The molecule has 0 radical (unpaired) electrons. The van der Waals surface area contributed by atoms with Crippen LogP contribution in [0.15, 0.2) is 125 Å². The summed E-state index contributed by atoms with van der Waals surface area (Å²) < 4.78 is 31.0. The van der Waals surface area contributed by atoms with E-state index in [1.54, 1.807) is 71.0 Å². The molecule has 3 aromatic carbocycles. The third-order valence-electron chi connectivity index (χ3n) is 6.77. The summed E-state index contributed by atoms with van der Waals surface area (Å²) in [6.45, 7) is 1.83. The Kier molecular flexibility index (Phi) is 9.21. The molecule has 0 saturated carbocycles. The third kappa shape index (κ3) is 7.34. The largest absolute Gasteiger partial charge is 0.356 e. The third-order valence-corrected chi connectivity index (χ3v) is 8.34. The van der Waals surface area contributed by atoms with Gasteiger partial charge in [-0.05, 0) is 91.9 Å². The van der Waals surface area contributed by atoms with E-state index in [-0.39, 0.29) is 27.2 Å². The van der Waals surface area contributed by atoms with Gasteiger partial charge in [0.05, 0.1) is 16.3 Å². The molecule has 0 aliphatic carbocycles. The number of thiocarbonyl (C=S) groups is 1. The van der Waals surface area contributed by atoms with Gasteiger partial charge in [0.15, 0.2) is 10.9 Å². The van der Waals surface area contributed by atoms with E-state index in [1.807, 2.05) is 37.3 Å². The van der Waals surface area contributed by atoms with E-state index in [4.69, 9.17) is 12.2 Å². The van der Waals surface area contributed by atoms with E-state index in [1.165, 1.54) is 30.6 Å². The van der Waals surface area contributed by atoms with Crippen LogP contribution in [0.5, 0.6) is 0 Å². The van der Waals surface area contributed by atoms with Crippen LogP contribution in [-0.4, -0.2) is 33.7 Å². The van der Waals surface area contributed by atoms with Crippen molar-refractivity contribution in [3.63, 3.8) is 0 Å². The molecule has 0 amide bonds. The average molecular weight is 640 g/mol. The van der Waals surface area contributed by atoms with E-state index in [0.29, 0.717) is 22.6 Å². The maximum atomic E-state index is 13.0. The molecule has 5 aromatic rings. The number of sulfonamides is 1. The molecule has 13 heteroatoms. The first-order valence-corrected chi connectivity index (χ1v) is 15.5. The van der Waals surface area contributed by atoms with Crippen LogP contribution in [0.3, 0.4) is 0 Å². The van der Waals surface area contributed by atoms with Crippen LogP contribution in [0.25, 0.3) is 5.69 Å². The highest BCUT2D eigenvalue weighted by Crippen LogP contribution is 2.18. The maximum absolute atomic E-state index is 13.0. The highest BCUT2D eigenvalue weighted by atomic mass is 32.2. The molecule has 11 nitrogen and oxygen atoms in total. The number of carbonyl (C=O) groups excluding carboxylic acids is 1. The van der Waals surface area contributed by atoms with Crippen molar-refractivity contribution in [3.8, 4) is 5.69 Å². The summed E-state index contributed by atoms with van der Waals surface area (Å²) >= 11 is 5.39. The van der Waals surface area contributed by atoms with E-state index in [2.05, 4.69) is 25.7 Å². The molecule has 2 heterocycles. The number of nitrogens with one attached hydrogen (secondary N) is 4. The molecule has 0 spiro atoms. The number of ketones is 1. The Hall–Kier alpha value is -5.53. The fraction of sp³-hybridized carbons (Fsp3) is 0.0625. The predicted octanol–water partition coefficient (Wildman–Crippen LogP) is 5.30. The average Bonchev–Trinajstić information content (AvgIpc) is 3.25. The van der Waals surface area contributed by atoms with Crippen molar-refractivity contribution >= 4 is 56.0 Å². The zero-order chi connectivity index (χ0) is 32.0. The quantitative estimate of drug-likeness (QED) is 0.0911. The Balaban J connectivity index is 1.15. The first-order valence-electron chi connectivity index (χ1n) is 13.7. The first kappa shape index (κ1) is 30.9. The topological polar surface area (TPSA) is 139 Å². The van der Waals surface area contributed by atoms with Gasteiger partial charge in [0, 0.05) is 42.5 Å². The lowest BCUT2D eigenvalue weighted by Gasteiger charge is -2.12. The van der Waals surface area contributed by atoms with Gasteiger partial charge in [-0.25, -0.2) is 18.1 Å². The van der Waals surface area contributed by atoms with Crippen molar-refractivity contribution in [2.45, 2.75) is 11.8 Å². The summed E-state index contributed by atoms with van der Waals surface area (Å²) in [4.78, 5) is 29.8. The molecule has 45 heavy (non-hydrogen) atoms. The summed E-state index contributed by atoms with van der Waals surface area (Å²) in [5.74, 6) is -0.0262. The molecule has 0 fully saturated rings. The van der Waals surface area contributed by atoms with Gasteiger partial charge in [0.1, 0.15) is 11.5 Å². The second kappa shape index (κ2) is 13.4. The van der Waals surface area contributed by atoms with Gasteiger partial charge < -0.3 is 16.0 Å². The van der Waals surface area contributed by atoms with E-state index in [0.717, 1.165) is 11.4 Å². The number of allylic oxidation sites excluding steroid dienone is 1. The van der Waals surface area contributed by atoms with Gasteiger partial charge in [-0.15, -0.1) is 0 Å². The second-order valence-electron chi connectivity index (χ2n) is 9.78. The highest BCUT2D eigenvalue weighted by molar-refractivity contribution is 7.92. The first-order chi connectivity index (χ1) is 21.6. The monoisotopic (exact) mass is 639 g/mol. The number of rotatable bonds is 10. The van der Waals surface area contributed by atoms with Gasteiger partial charge >= 0.3 is 0 Å². The molecule has 0 aliphatic rings. The van der Waals surface area contributed by atoms with Gasteiger partial charge in [0.25, 0.3) is 15.6 Å². The number of nitrogens with zero attached hydrogens (tertiary/aromatic N) is 3. The molecule has 2 aromatic heterocycles. The summed E-state index contributed by atoms with van der Waals surface area (Å²) in [7, 11) is -2.00. The van der Waals surface area contributed by atoms with E-state index in [9.17, 15) is 18.0 Å². The number of hydrogen-bond acceptors (Lipinski definition) is 7. The molecule has 0 aliphatic heterocycles. The zero-order valence-electron chi connectivity index (χ0n) is 24.3. The van der Waals surface area contributed by atoms with Crippen LogP contribution in [0.2, 0.25) is 0 Å². The highest BCUT2D eigenvalue weighted by Gasteiger charge is 2.16. The SMILES string of the molecule is Cc1c(N/C=C/C(=O)c2ccc(NC(=S)Nc3ccc(S(=O)(=O)Nc4ccccn4)cc3)cc2)c(=O)n(-c2ccccc2)n1C. The van der Waals surface area contributed by atoms with E-state index >= 15 is 0 Å². The van der Waals surface area contributed by atoms with Crippen molar-refractivity contribution in [1.82, 2.24) is 14.3 Å². The van der Waals surface area contributed by atoms with Crippen LogP contribution in [-0.2, 0) is 17.1 Å². The van der Waals surface area contributed by atoms with Gasteiger partial charge in [-0.3, -0.25) is 19.0 Å². The standard InChI is InChI=1S/C32H29N7O4S2/c1-22-30(31(41)39(38(22)2)26-8-4-3-5-9-26)34-21-19-28(40)23-11-13-24(14-12-23)35-32(44)36-25-15-17-27(18-16-25)45(42,43)37-29-10-6-7-20-33-29/h3-21,34H,1-2H3,(H,33,37)(H2,35,36,44)/b21-19+. The smallest absolute Gasteiger partial charge is 0.295 e. The van der Waals surface area contributed by atoms with Crippen LogP contribution in [0.1, 0.15) is 16.1 Å². The fourth-order valence-electron chi connectivity index (χ4n) is 4.38. The molecule has 0 unspecified atom stereocenters. The number of carbonyl (C=O) groups is 1. The van der Waals surface area contributed by atoms with Crippen molar-refractivity contribution < 1.29 is 13.2 Å². The fourth-order valence-corrected chi connectivity index (χ4v) is 5.62. The van der Waals surface area contributed by atoms with Gasteiger partial charge in [-0.1, -0.05) is 24.3 Å². The van der Waals surface area contributed by atoms with Crippen molar-refractivity contribution in [2.24, 2.45) is 7.05 Å². The Morgan fingerprint density at radius 3 is 2.11 bits per heavy atom. The normalized spacial score (nSPS) is 11.2. The minimum absolute atomic E-state index is 0.0743. The van der Waals surface area contributed by atoms with E-state index < -0.39 is 10.0 Å². The Morgan fingerprint density at radius 1 is 0.867 bits per heavy atom. The number of anilines is 4. The van der Waals surface area contributed by atoms with Crippen molar-refractivity contribution in [3.05, 3.63) is 137 Å². The maximum Gasteiger partial charge on any atom is 0.295 e. The number of pyridine rings is 1. The van der Waals surface area contributed by atoms with Crippen LogP contribution in [0, 0.1) is 6.92 Å². The predicted molar refractivity (Wildman–Crippen MR) is 181 cm³/mol. The number of aromatic nitrogens is 3. The number of para-hydroxylation sites is 1. The zero-order valence-corrected chi connectivity index (χ0v) is 25.9. The minimum atomic E-state index is -3.79. The van der Waals surface area contributed by atoms with Crippen LogP contribution < -0.4 is 26.2 Å². The molecule has 0 saturated heterocycles. The second-order valence-corrected chi connectivity index (χ2v) is 11.9. The molecule has 4 N–H and O–H groups in total. The van der Waals surface area contributed by atoms with Gasteiger partial charge in [-0.2, -0.15) is 0 Å². The van der Waals surface area contributed by atoms with Crippen LogP contribution in [0.4, 0.5) is 22.9 Å². The summed E-state index contributed by atoms with van der Waals surface area (Å²) in [5.41, 5.74) is 3.28. The Bertz CT molecular complexity index is 2020. The molecule has 5 rings (SSSR count). The lowest BCUT2D eigenvalue weighted by Crippen LogP contribution is -2.20. The molecule has 228 valence electrons. The molecule has 0 atom stereocenters. The number of hydrogen-bond donors (Lipinski definition) is 4. The summed E-state index contributed by atoms with van der Waals surface area (Å²) in [5, 5.41) is 9.28. The van der Waals surface area contributed by atoms with Crippen LogP contribution >= 0.6 is 12.2 Å². The molecular formula is C32H29N7O4S2. The molecular weight excluding hydrogens is 611 g/mol.